The summed E-state index contributed by atoms with van der Waals surface area (Å²) in [5.74, 6) is 0. The van der Waals surface area contributed by atoms with Gasteiger partial charge in [0.25, 0.3) is 0 Å². The van der Waals surface area contributed by atoms with Gasteiger partial charge < -0.3 is 14.1 Å². The lowest BCUT2D eigenvalue weighted by atomic mass is 9.92. The van der Waals surface area contributed by atoms with Crippen molar-refractivity contribution in [1.82, 2.24) is 14.1 Å². The largest absolute Gasteiger partial charge is 0.354 e. The number of fused-ring (bicyclic) bond motifs is 12. The molecule has 1 N–H and O–H groups in total. The lowest BCUT2D eigenvalue weighted by Crippen LogP contribution is -2.02. The fourth-order valence-corrected chi connectivity index (χ4v) is 19.8. The highest BCUT2D eigenvalue weighted by Gasteiger charge is 2.28. The molecule has 630 valence electrons. The molecule has 0 saturated carbocycles. The van der Waals surface area contributed by atoms with Crippen LogP contribution in [-0.4, -0.2) is 14.1 Å². The second-order valence-electron chi connectivity index (χ2n) is 36.8. The molecule has 3 heterocycles. The number of aromatic nitrogens is 3. The van der Waals surface area contributed by atoms with Crippen molar-refractivity contribution in [1.29, 1.82) is 0 Å². The van der Waals surface area contributed by atoms with Gasteiger partial charge in [0.2, 0.25) is 0 Å². The van der Waals surface area contributed by atoms with E-state index in [1.165, 1.54) is 492 Å². The molecule has 0 spiro atoms. The van der Waals surface area contributed by atoms with E-state index in [1.807, 2.05) is 0 Å². The van der Waals surface area contributed by atoms with Crippen LogP contribution in [-0.2, 0) is 51.6 Å². The van der Waals surface area contributed by atoms with Gasteiger partial charge in [-0.3, -0.25) is 0 Å². The van der Waals surface area contributed by atoms with Crippen LogP contribution >= 0.6 is 0 Å². The van der Waals surface area contributed by atoms with Gasteiger partial charge in [0.15, 0.2) is 0 Å². The predicted molar refractivity (Wildman–Crippen MR) is 503 cm³/mol. The van der Waals surface area contributed by atoms with Crippen LogP contribution < -0.4 is 0 Å². The Morgan fingerprint density at radius 3 is 0.631 bits per heavy atom. The number of rotatable bonds is 76. The number of nitrogens with one attached hydrogen (secondary N) is 1. The third-order valence-corrected chi connectivity index (χ3v) is 26.9. The van der Waals surface area contributed by atoms with Crippen LogP contribution in [0.25, 0.3) is 65.4 Å². The zero-order valence-corrected chi connectivity index (χ0v) is 75.6. The smallest absolute Gasteiger partial charge is 0.0614 e. The van der Waals surface area contributed by atoms with Crippen molar-refractivity contribution in [3.8, 4) is 0 Å². The first kappa shape index (κ1) is 94.4. The third-order valence-electron chi connectivity index (χ3n) is 26.9. The topological polar surface area (TPSA) is 25.6 Å². The molecular weight excluding hydrogens is 1340 g/mol. The third kappa shape index (κ3) is 34.0. The number of aryl methyl sites for hydroxylation is 8. The van der Waals surface area contributed by atoms with Crippen molar-refractivity contribution in [2.75, 3.05) is 0 Å². The van der Waals surface area contributed by atoms with Gasteiger partial charge in [-0.15, -0.1) is 0 Å². The zero-order valence-electron chi connectivity index (χ0n) is 75.6. The molecule has 4 aromatic carbocycles. The van der Waals surface area contributed by atoms with E-state index in [1.54, 1.807) is 82.4 Å². The minimum absolute atomic E-state index is 1.10. The van der Waals surface area contributed by atoms with E-state index in [2.05, 4.69) is 106 Å². The van der Waals surface area contributed by atoms with Gasteiger partial charge in [0, 0.05) is 62.0 Å². The molecular formula is C108H183N3. The maximum atomic E-state index is 4.59. The van der Waals surface area contributed by atoms with Crippen LogP contribution in [0.15, 0.2) is 36.4 Å². The van der Waals surface area contributed by atoms with Crippen LogP contribution in [0.1, 0.15) is 525 Å². The summed E-state index contributed by atoms with van der Waals surface area (Å²) in [5, 5.41) is 9.41. The van der Waals surface area contributed by atoms with Crippen molar-refractivity contribution >= 4 is 65.4 Å². The van der Waals surface area contributed by atoms with Crippen molar-refractivity contribution < 1.29 is 0 Å². The fraction of sp³-hybridized carbons (Fsp3) is 0.778. The number of benzene rings is 4. The normalized spacial score (nSPS) is 12.2. The molecule has 7 rings (SSSR count). The minimum Gasteiger partial charge on any atom is -0.354 e. The molecule has 0 amide bonds. The summed E-state index contributed by atoms with van der Waals surface area (Å²) < 4.78 is 6.08. The molecule has 111 heavy (non-hydrogen) atoms. The molecule has 3 heteroatoms. The van der Waals surface area contributed by atoms with Gasteiger partial charge >= 0.3 is 0 Å². The Labute approximate surface area is 688 Å². The number of aromatic amines is 1. The second-order valence-corrected chi connectivity index (χ2v) is 36.8. The second kappa shape index (κ2) is 60.7. The Hall–Kier alpha value is -3.72. The highest BCUT2D eigenvalue weighted by Crippen LogP contribution is 2.49. The average Bonchev–Trinajstić information content (AvgIpc) is 1.52. The summed E-state index contributed by atoms with van der Waals surface area (Å²) in [6, 6.07) is 17.2. The lowest BCUT2D eigenvalue weighted by molar-refractivity contribution is 0.541. The molecule has 0 radical (unpaired) electrons. The van der Waals surface area contributed by atoms with Gasteiger partial charge in [-0.05, 0) is 160 Å². The zero-order chi connectivity index (χ0) is 78.2. The van der Waals surface area contributed by atoms with Crippen molar-refractivity contribution in [2.24, 2.45) is 0 Å². The summed E-state index contributed by atoms with van der Waals surface area (Å²) in [6.07, 6.45) is 101. The molecule has 0 aliphatic heterocycles. The highest BCUT2D eigenvalue weighted by atomic mass is 15.0. The summed E-state index contributed by atoms with van der Waals surface area (Å²) >= 11 is 0. The fourth-order valence-electron chi connectivity index (χ4n) is 19.8. The van der Waals surface area contributed by atoms with Crippen molar-refractivity contribution in [2.45, 2.75) is 544 Å². The molecule has 0 saturated heterocycles. The summed E-state index contributed by atoms with van der Waals surface area (Å²) in [4.78, 5) is 4.59. The van der Waals surface area contributed by atoms with Gasteiger partial charge in [0.1, 0.15) is 0 Å². The lowest BCUT2D eigenvalue weighted by Gasteiger charge is -2.14. The molecule has 0 aliphatic rings. The molecule has 0 fully saturated rings. The van der Waals surface area contributed by atoms with E-state index in [-0.39, 0.29) is 0 Å². The number of nitrogens with zero attached hydrogens (tertiary/aromatic N) is 2. The van der Waals surface area contributed by atoms with E-state index in [9.17, 15) is 0 Å². The molecule has 3 nitrogen and oxygen atoms in total. The van der Waals surface area contributed by atoms with Crippen LogP contribution in [0.2, 0.25) is 0 Å². The van der Waals surface area contributed by atoms with E-state index >= 15 is 0 Å². The monoisotopic (exact) mass is 1520 g/mol. The van der Waals surface area contributed by atoms with Crippen LogP contribution in [0.4, 0.5) is 0 Å². The molecule has 3 aromatic heterocycles. The SMILES string of the molecule is CCCCCCCCCCCCn1c2cc(CCCCCCCCCC)c(CCCCCCCCCC)cc2c2c3[nH]c4cc(CCCCCCCCCC)c(CCCCCCCCCC)cc4c3c3c(c4cc(CCCCCCCCCC)c(CCCCCCCCCC)cc4n3CCCCCCCCCCCC)c21. The van der Waals surface area contributed by atoms with Crippen LogP contribution in [0.3, 0.4) is 0 Å². The first-order chi connectivity index (χ1) is 55.0. The first-order valence-electron chi connectivity index (χ1n) is 51.0. The number of H-pyrrole nitrogens is 1. The Morgan fingerprint density at radius 2 is 0.378 bits per heavy atom. The van der Waals surface area contributed by atoms with E-state index in [0.717, 1.165) is 13.1 Å². The van der Waals surface area contributed by atoms with Crippen molar-refractivity contribution in [3.63, 3.8) is 0 Å². The van der Waals surface area contributed by atoms with Gasteiger partial charge in [0.05, 0.1) is 16.6 Å². The summed E-state index contributed by atoms with van der Waals surface area (Å²) in [5.41, 5.74) is 19.2. The average molecular weight is 1520 g/mol. The Morgan fingerprint density at radius 1 is 0.189 bits per heavy atom. The van der Waals surface area contributed by atoms with E-state index < -0.39 is 0 Å². The summed E-state index contributed by atoms with van der Waals surface area (Å²) in [6.45, 7) is 21.2. The number of hydrogen-bond acceptors (Lipinski definition) is 0. The Kier molecular flexibility index (Phi) is 51.7. The first-order valence-corrected chi connectivity index (χ1v) is 51.0. The van der Waals surface area contributed by atoms with Crippen molar-refractivity contribution in [3.05, 3.63) is 69.8 Å². The maximum Gasteiger partial charge on any atom is 0.0614 e. The Bertz CT molecular complexity index is 3390. The van der Waals surface area contributed by atoms with E-state index in [4.69, 9.17) is 0 Å². The minimum atomic E-state index is 1.10. The number of unbranched alkanes of at least 4 members (excludes halogenated alkanes) is 60. The standard InChI is InChI=1S/C108H183N3/c1-9-17-25-33-41-49-51-59-67-75-83-110-101-89-95(81-73-65-57-47-39-31-23-15-7)92(78-70-62-54-44-36-28-20-12-4)86-98(101)104-106-103(97-85-91(77-69-61-53-43-35-27-19-11-3)94(88-100(97)109-106)80-72-64-56-46-38-30-22-14-6)107-105(108(104)110)99-87-93(79-71-63-55-45-37-29-21-13-5)96(82-74-66-58-48-40-32-24-16-8)90-102(99)111(107)84-76-68-60-52-50-42-34-26-18-10-2/h85-90,109H,9-84H2,1-8H3. The van der Waals surface area contributed by atoms with Gasteiger partial charge in [-0.2, -0.15) is 0 Å². The van der Waals surface area contributed by atoms with Gasteiger partial charge in [-0.25, -0.2) is 0 Å². The predicted octanol–water partition coefficient (Wildman–Crippen LogP) is 37.5. The van der Waals surface area contributed by atoms with E-state index in [0.29, 0.717) is 0 Å². The molecule has 0 unspecified atom stereocenters. The maximum absolute atomic E-state index is 4.59. The molecule has 0 bridgehead atoms. The molecule has 7 aromatic rings. The Balaban J connectivity index is 1.53. The molecule has 0 atom stereocenters. The summed E-state index contributed by atoms with van der Waals surface area (Å²) in [7, 11) is 0. The highest BCUT2D eigenvalue weighted by molar-refractivity contribution is 6.39. The number of hydrogen-bond donors (Lipinski definition) is 1. The van der Waals surface area contributed by atoms with Crippen LogP contribution in [0, 0.1) is 0 Å². The van der Waals surface area contributed by atoms with Gasteiger partial charge in [-0.1, -0.05) is 441 Å². The van der Waals surface area contributed by atoms with Crippen LogP contribution in [0.5, 0.6) is 0 Å². The molecule has 0 aliphatic carbocycles. The quantitative estimate of drug-likeness (QED) is 0.0368.